The third kappa shape index (κ3) is 0.510. The number of nitrogens with two attached hydrogens (primary N) is 1. The summed E-state index contributed by atoms with van der Waals surface area (Å²) in [5.74, 6) is 1.94. The average molecular weight is 111 g/mol. The number of hydrogen-bond acceptors (Lipinski definition) is 1. The molecule has 2 rings (SSSR count). The molecule has 2 aliphatic rings. The van der Waals surface area contributed by atoms with Crippen molar-refractivity contribution in [3.8, 4) is 0 Å². The molecular weight excluding hydrogens is 98.1 g/mol. The molecule has 0 heterocycles. The molecule has 0 saturated heterocycles. The highest BCUT2D eigenvalue weighted by Crippen LogP contribution is 2.43. The lowest BCUT2D eigenvalue weighted by Crippen LogP contribution is -2.26. The molecule has 2 N–H and O–H groups in total. The van der Waals surface area contributed by atoms with Gasteiger partial charge in [-0.05, 0) is 31.1 Å². The summed E-state index contributed by atoms with van der Waals surface area (Å²) in [4.78, 5) is 0. The van der Waals surface area contributed by atoms with Crippen molar-refractivity contribution in [3.05, 3.63) is 0 Å². The molecule has 2 aliphatic carbocycles. The van der Waals surface area contributed by atoms with Crippen molar-refractivity contribution in [3.63, 3.8) is 0 Å². The first kappa shape index (κ1) is 4.80. The Balaban J connectivity index is 2.11. The zero-order valence-corrected chi connectivity index (χ0v) is 5.14. The molecule has 2 fully saturated rings. The maximum atomic E-state index is 5.82. The van der Waals surface area contributed by atoms with Crippen molar-refractivity contribution in [2.45, 2.75) is 31.7 Å². The van der Waals surface area contributed by atoms with E-state index in [0.29, 0.717) is 6.04 Å². The van der Waals surface area contributed by atoms with Crippen molar-refractivity contribution in [1.29, 1.82) is 0 Å². The van der Waals surface area contributed by atoms with E-state index >= 15 is 0 Å². The predicted octanol–water partition coefficient (Wildman–Crippen LogP) is 1.13. The van der Waals surface area contributed by atoms with Gasteiger partial charge in [0.1, 0.15) is 0 Å². The molecule has 1 unspecified atom stereocenters. The summed E-state index contributed by atoms with van der Waals surface area (Å²) in [7, 11) is 0. The molecule has 0 aromatic heterocycles. The summed E-state index contributed by atoms with van der Waals surface area (Å²) < 4.78 is 0. The Kier molecular flexibility index (Phi) is 0.884. The average Bonchev–Trinajstić information content (AvgIpc) is 2.23. The molecule has 2 bridgehead atoms. The van der Waals surface area contributed by atoms with Crippen LogP contribution >= 0.6 is 0 Å². The largest absolute Gasteiger partial charge is 0.327 e. The van der Waals surface area contributed by atoms with E-state index in [4.69, 9.17) is 5.73 Å². The Hall–Kier alpha value is -0.0400. The quantitative estimate of drug-likeness (QED) is 0.498. The lowest BCUT2D eigenvalue weighted by molar-refractivity contribution is 0.418. The van der Waals surface area contributed by atoms with E-state index in [0.717, 1.165) is 11.8 Å². The maximum Gasteiger partial charge on any atom is 0.00699 e. The van der Waals surface area contributed by atoms with Crippen LogP contribution in [0.2, 0.25) is 0 Å². The Morgan fingerprint density at radius 2 is 2.00 bits per heavy atom. The van der Waals surface area contributed by atoms with Crippen molar-refractivity contribution < 1.29 is 0 Å². The molecule has 0 aromatic rings. The number of rotatable bonds is 0. The van der Waals surface area contributed by atoms with Gasteiger partial charge < -0.3 is 5.73 Å². The first-order valence-corrected chi connectivity index (χ1v) is 3.62. The highest BCUT2D eigenvalue weighted by molar-refractivity contribution is 4.91. The van der Waals surface area contributed by atoms with Crippen LogP contribution in [0.1, 0.15) is 25.7 Å². The fourth-order valence-corrected chi connectivity index (χ4v) is 2.29. The van der Waals surface area contributed by atoms with Gasteiger partial charge in [0.05, 0.1) is 0 Å². The fraction of sp³-hybridized carbons (Fsp3) is 1.00. The third-order valence-electron chi connectivity index (χ3n) is 2.79. The molecule has 3 atom stereocenters. The van der Waals surface area contributed by atoms with Crippen LogP contribution in [-0.2, 0) is 0 Å². The first-order valence-electron chi connectivity index (χ1n) is 3.62. The van der Waals surface area contributed by atoms with Gasteiger partial charge in [0.15, 0.2) is 0 Å². The minimum absolute atomic E-state index is 0.578. The standard InChI is InChI=1S/C7H13N/c8-7-4-5-1-2-6(7)3-5/h5-7H,1-4,8H2/t5-,6?,7-/m1/s1. The van der Waals surface area contributed by atoms with Crippen LogP contribution < -0.4 is 5.73 Å². The topological polar surface area (TPSA) is 26.0 Å². The van der Waals surface area contributed by atoms with E-state index in [1.165, 1.54) is 25.7 Å². The molecule has 0 aromatic carbocycles. The smallest absolute Gasteiger partial charge is 0.00699 e. The lowest BCUT2D eigenvalue weighted by Gasteiger charge is -2.15. The minimum Gasteiger partial charge on any atom is -0.327 e. The molecule has 2 saturated carbocycles. The summed E-state index contributed by atoms with van der Waals surface area (Å²) in [6.45, 7) is 0. The normalized spacial score (nSPS) is 52.9. The van der Waals surface area contributed by atoms with Gasteiger partial charge in [0, 0.05) is 6.04 Å². The summed E-state index contributed by atoms with van der Waals surface area (Å²) in [5.41, 5.74) is 5.82. The van der Waals surface area contributed by atoms with Crippen molar-refractivity contribution in [2.24, 2.45) is 17.6 Å². The summed E-state index contributed by atoms with van der Waals surface area (Å²) in [5, 5.41) is 0. The van der Waals surface area contributed by atoms with E-state index in [1.807, 2.05) is 0 Å². The monoisotopic (exact) mass is 111 g/mol. The van der Waals surface area contributed by atoms with Crippen LogP contribution in [0, 0.1) is 11.8 Å². The van der Waals surface area contributed by atoms with E-state index in [1.54, 1.807) is 0 Å². The molecule has 0 amide bonds. The van der Waals surface area contributed by atoms with Crippen molar-refractivity contribution >= 4 is 0 Å². The molecule has 0 spiro atoms. The summed E-state index contributed by atoms with van der Waals surface area (Å²) >= 11 is 0. The Labute approximate surface area is 50.3 Å². The summed E-state index contributed by atoms with van der Waals surface area (Å²) in [6, 6.07) is 0.578. The molecule has 8 heavy (non-hydrogen) atoms. The molecule has 0 aliphatic heterocycles. The van der Waals surface area contributed by atoms with Crippen molar-refractivity contribution in [2.75, 3.05) is 0 Å². The molecular formula is C7H13N. The lowest BCUT2D eigenvalue weighted by atomic mass is 9.96. The van der Waals surface area contributed by atoms with E-state index in [2.05, 4.69) is 0 Å². The van der Waals surface area contributed by atoms with Gasteiger partial charge >= 0.3 is 0 Å². The third-order valence-corrected chi connectivity index (χ3v) is 2.79. The number of fused-ring (bicyclic) bond motifs is 2. The van der Waals surface area contributed by atoms with E-state index < -0.39 is 0 Å². The van der Waals surface area contributed by atoms with Crippen LogP contribution in [-0.4, -0.2) is 6.04 Å². The van der Waals surface area contributed by atoms with Crippen LogP contribution in [0.3, 0.4) is 0 Å². The van der Waals surface area contributed by atoms with Gasteiger partial charge in [-0.3, -0.25) is 0 Å². The second kappa shape index (κ2) is 1.47. The highest BCUT2D eigenvalue weighted by Gasteiger charge is 2.36. The van der Waals surface area contributed by atoms with Crippen LogP contribution in [0.15, 0.2) is 0 Å². The van der Waals surface area contributed by atoms with Gasteiger partial charge in [-0.1, -0.05) is 6.42 Å². The maximum absolute atomic E-state index is 5.82. The number of hydrogen-bond donors (Lipinski definition) is 1. The zero-order valence-electron chi connectivity index (χ0n) is 5.14. The fourth-order valence-electron chi connectivity index (χ4n) is 2.29. The SMILES string of the molecule is N[C@@H]1C[C@@H]2CCC1C2. The Morgan fingerprint density at radius 3 is 2.25 bits per heavy atom. The zero-order chi connectivity index (χ0) is 5.56. The van der Waals surface area contributed by atoms with Crippen LogP contribution in [0.25, 0.3) is 0 Å². The van der Waals surface area contributed by atoms with E-state index in [-0.39, 0.29) is 0 Å². The van der Waals surface area contributed by atoms with Crippen molar-refractivity contribution in [1.82, 2.24) is 0 Å². The Morgan fingerprint density at radius 1 is 1.12 bits per heavy atom. The summed E-state index contributed by atoms with van der Waals surface area (Å²) in [6.07, 6.45) is 5.66. The highest BCUT2D eigenvalue weighted by atomic mass is 14.7. The second-order valence-corrected chi connectivity index (χ2v) is 3.34. The first-order chi connectivity index (χ1) is 3.86. The van der Waals surface area contributed by atoms with Gasteiger partial charge in [0.25, 0.3) is 0 Å². The molecule has 1 heteroatoms. The minimum atomic E-state index is 0.578. The second-order valence-electron chi connectivity index (χ2n) is 3.34. The van der Waals surface area contributed by atoms with Gasteiger partial charge in [-0.25, -0.2) is 0 Å². The molecule has 1 nitrogen and oxygen atoms in total. The molecule has 0 radical (unpaired) electrons. The molecule has 46 valence electrons. The van der Waals surface area contributed by atoms with E-state index in [9.17, 15) is 0 Å². The van der Waals surface area contributed by atoms with Gasteiger partial charge in [0.2, 0.25) is 0 Å². The Bertz CT molecular complexity index is 98.6. The van der Waals surface area contributed by atoms with Gasteiger partial charge in [-0.15, -0.1) is 0 Å². The van der Waals surface area contributed by atoms with Crippen LogP contribution in [0.4, 0.5) is 0 Å². The van der Waals surface area contributed by atoms with Gasteiger partial charge in [-0.2, -0.15) is 0 Å². The predicted molar refractivity (Wildman–Crippen MR) is 33.4 cm³/mol. The van der Waals surface area contributed by atoms with Crippen LogP contribution in [0.5, 0.6) is 0 Å².